The minimum Gasteiger partial charge on any atom is -0.497 e. The van der Waals surface area contributed by atoms with Crippen LogP contribution >= 0.6 is 0 Å². The highest BCUT2D eigenvalue weighted by molar-refractivity contribution is 5.87. The van der Waals surface area contributed by atoms with Gasteiger partial charge < -0.3 is 14.4 Å². The maximum atomic E-state index is 6.56. The summed E-state index contributed by atoms with van der Waals surface area (Å²) in [4.78, 5) is 2.46. The van der Waals surface area contributed by atoms with E-state index < -0.39 is 0 Å². The summed E-state index contributed by atoms with van der Waals surface area (Å²) in [7, 11) is 3.93. The van der Waals surface area contributed by atoms with Crippen LogP contribution in [0.2, 0.25) is 0 Å². The van der Waals surface area contributed by atoms with Crippen molar-refractivity contribution in [2.75, 3.05) is 25.7 Å². The van der Waals surface area contributed by atoms with Crippen LogP contribution in [0.3, 0.4) is 0 Å². The maximum absolute atomic E-state index is 6.56. The molecule has 0 saturated carbocycles. The third-order valence-corrected chi connectivity index (χ3v) is 6.20. The fourth-order valence-corrected chi connectivity index (χ4v) is 5.07. The van der Waals surface area contributed by atoms with Crippen LogP contribution in [0, 0.1) is 0 Å². The van der Waals surface area contributed by atoms with Gasteiger partial charge in [-0.2, -0.15) is 0 Å². The quantitative estimate of drug-likeness (QED) is 0.835. The third kappa shape index (κ3) is 1.43. The van der Waals surface area contributed by atoms with Crippen LogP contribution in [0.4, 0.5) is 5.69 Å². The number of likely N-dealkylation sites (N-methyl/N-ethyl adjacent to an activating group) is 1. The van der Waals surface area contributed by atoms with Gasteiger partial charge in [0.2, 0.25) is 0 Å². The van der Waals surface area contributed by atoms with Gasteiger partial charge >= 0.3 is 0 Å². The van der Waals surface area contributed by atoms with Crippen LogP contribution in [0.15, 0.2) is 54.6 Å². The van der Waals surface area contributed by atoms with Gasteiger partial charge in [-0.1, -0.05) is 36.4 Å². The number of benzene rings is 2. The number of hydrogen-bond donors (Lipinski definition) is 0. The summed E-state index contributed by atoms with van der Waals surface area (Å²) in [6.45, 7) is 0.812. The van der Waals surface area contributed by atoms with E-state index in [-0.39, 0.29) is 11.1 Å². The number of ether oxygens (including phenoxy) is 2. The highest BCUT2D eigenvalue weighted by Crippen LogP contribution is 2.66. The van der Waals surface area contributed by atoms with Crippen molar-refractivity contribution >= 4 is 11.3 Å². The average Bonchev–Trinajstić information content (AvgIpc) is 3.22. The van der Waals surface area contributed by atoms with E-state index in [9.17, 15) is 0 Å². The van der Waals surface area contributed by atoms with Crippen molar-refractivity contribution in [2.45, 2.75) is 24.0 Å². The molecule has 1 aliphatic carbocycles. The topological polar surface area (TPSA) is 21.7 Å². The molecule has 24 heavy (non-hydrogen) atoms. The van der Waals surface area contributed by atoms with Crippen molar-refractivity contribution in [1.82, 2.24) is 0 Å². The van der Waals surface area contributed by atoms with Gasteiger partial charge in [-0.05, 0) is 42.2 Å². The minimum absolute atomic E-state index is 0.0198. The van der Waals surface area contributed by atoms with Crippen LogP contribution in [-0.2, 0) is 10.3 Å². The zero-order valence-electron chi connectivity index (χ0n) is 14.1. The Morgan fingerprint density at radius 1 is 1.08 bits per heavy atom. The first kappa shape index (κ1) is 14.1. The van der Waals surface area contributed by atoms with Crippen molar-refractivity contribution in [2.24, 2.45) is 0 Å². The molecule has 2 aromatic rings. The van der Waals surface area contributed by atoms with E-state index in [1.807, 2.05) is 12.1 Å². The Kier molecular flexibility index (Phi) is 2.73. The Hall–Kier alpha value is -2.26. The van der Waals surface area contributed by atoms with Crippen molar-refractivity contribution in [1.29, 1.82) is 0 Å². The number of anilines is 1. The first-order valence-electron chi connectivity index (χ1n) is 8.55. The SMILES string of the molecule is COc1ccc(C2=CC[C@]34CCO[C@]23c2ccccc2N4C)cc1. The lowest BCUT2D eigenvalue weighted by Gasteiger charge is -2.40. The van der Waals surface area contributed by atoms with Gasteiger partial charge in [0, 0.05) is 18.3 Å². The van der Waals surface area contributed by atoms with Gasteiger partial charge in [-0.15, -0.1) is 0 Å². The van der Waals surface area contributed by atoms with Gasteiger partial charge in [0.25, 0.3) is 0 Å². The minimum atomic E-state index is -0.340. The first-order valence-corrected chi connectivity index (χ1v) is 8.55. The molecule has 0 bridgehead atoms. The third-order valence-electron chi connectivity index (χ3n) is 6.20. The zero-order chi connectivity index (χ0) is 16.4. The molecule has 0 N–H and O–H groups in total. The van der Waals surface area contributed by atoms with Crippen LogP contribution in [0.5, 0.6) is 5.75 Å². The number of nitrogens with zero attached hydrogens (tertiary/aromatic N) is 1. The normalized spacial score (nSPS) is 29.9. The Morgan fingerprint density at radius 3 is 2.67 bits per heavy atom. The molecule has 0 amide bonds. The second-order valence-electron chi connectivity index (χ2n) is 6.94. The van der Waals surface area contributed by atoms with Gasteiger partial charge in [0.05, 0.1) is 19.3 Å². The molecule has 122 valence electrons. The number of hydrogen-bond acceptors (Lipinski definition) is 3. The van der Waals surface area contributed by atoms with Gasteiger partial charge in [-0.25, -0.2) is 0 Å². The number of fused-ring (bicyclic) bond motifs is 1. The zero-order valence-corrected chi connectivity index (χ0v) is 14.1. The van der Waals surface area contributed by atoms with Crippen molar-refractivity contribution in [3.8, 4) is 5.75 Å². The summed E-state index contributed by atoms with van der Waals surface area (Å²) in [6.07, 6.45) is 4.47. The molecular formula is C21H21NO2. The highest BCUT2D eigenvalue weighted by atomic mass is 16.5. The molecule has 0 radical (unpaired) electrons. The molecular weight excluding hydrogens is 298 g/mol. The standard InChI is InChI=1S/C21H21NO2/c1-22-19-6-4-3-5-18(19)21-17(11-12-20(21,22)13-14-24-21)15-7-9-16(23-2)10-8-15/h3-11H,12-14H2,1-2H3/t20-,21-/m0/s1. The van der Waals surface area contributed by atoms with Crippen molar-refractivity contribution in [3.05, 3.63) is 65.7 Å². The largest absolute Gasteiger partial charge is 0.497 e. The van der Waals surface area contributed by atoms with E-state index in [1.165, 1.54) is 22.4 Å². The lowest BCUT2D eigenvalue weighted by molar-refractivity contribution is 0.0311. The average molecular weight is 319 g/mol. The molecule has 2 aromatic carbocycles. The Labute approximate surface area is 142 Å². The van der Waals surface area contributed by atoms with Gasteiger partial charge in [-0.3, -0.25) is 0 Å². The molecule has 5 rings (SSSR count). The van der Waals surface area contributed by atoms with Crippen LogP contribution in [-0.4, -0.2) is 26.3 Å². The summed E-state index contributed by atoms with van der Waals surface area (Å²) >= 11 is 0. The maximum Gasteiger partial charge on any atom is 0.144 e. The second kappa shape index (κ2) is 4.64. The van der Waals surface area contributed by atoms with Crippen LogP contribution in [0.1, 0.15) is 24.0 Å². The van der Waals surface area contributed by atoms with E-state index in [4.69, 9.17) is 9.47 Å². The number of rotatable bonds is 2. The molecule has 3 heteroatoms. The summed E-state index contributed by atoms with van der Waals surface area (Å²) in [5, 5.41) is 0. The Bertz CT molecular complexity index is 841. The van der Waals surface area contributed by atoms with E-state index in [2.05, 4.69) is 54.4 Å². The molecule has 0 spiro atoms. The Balaban J connectivity index is 1.72. The first-order chi connectivity index (χ1) is 11.7. The Morgan fingerprint density at radius 2 is 1.88 bits per heavy atom. The fraction of sp³-hybridized carbons (Fsp3) is 0.333. The fourth-order valence-electron chi connectivity index (χ4n) is 5.07. The molecule has 1 fully saturated rings. The molecule has 3 nitrogen and oxygen atoms in total. The summed E-state index contributed by atoms with van der Waals surface area (Å²) in [5.41, 5.74) is 4.82. The molecule has 1 saturated heterocycles. The lowest BCUT2D eigenvalue weighted by atomic mass is 9.75. The van der Waals surface area contributed by atoms with Gasteiger partial charge in [0.15, 0.2) is 0 Å². The monoisotopic (exact) mass is 319 g/mol. The lowest BCUT2D eigenvalue weighted by Crippen LogP contribution is -2.51. The summed E-state index contributed by atoms with van der Waals surface area (Å²) in [5.74, 6) is 0.886. The number of para-hydroxylation sites is 1. The predicted molar refractivity (Wildman–Crippen MR) is 95.4 cm³/mol. The molecule has 0 aromatic heterocycles. The van der Waals surface area contributed by atoms with Gasteiger partial charge in [0.1, 0.15) is 11.4 Å². The smallest absolute Gasteiger partial charge is 0.144 e. The molecule has 2 aliphatic heterocycles. The molecule has 0 unspecified atom stereocenters. The predicted octanol–water partition coefficient (Wildman–Crippen LogP) is 3.99. The van der Waals surface area contributed by atoms with E-state index in [0.29, 0.717) is 0 Å². The van der Waals surface area contributed by atoms with Crippen molar-refractivity contribution < 1.29 is 9.47 Å². The van der Waals surface area contributed by atoms with Crippen molar-refractivity contribution in [3.63, 3.8) is 0 Å². The molecule has 2 atom stereocenters. The van der Waals surface area contributed by atoms with E-state index in [1.54, 1.807) is 7.11 Å². The van der Waals surface area contributed by atoms with E-state index >= 15 is 0 Å². The van der Waals surface area contributed by atoms with Crippen LogP contribution in [0.25, 0.3) is 5.57 Å². The van der Waals surface area contributed by atoms with Crippen LogP contribution < -0.4 is 9.64 Å². The highest BCUT2D eigenvalue weighted by Gasteiger charge is 2.68. The molecule has 2 heterocycles. The second-order valence-corrected chi connectivity index (χ2v) is 6.94. The number of methoxy groups -OCH3 is 1. The summed E-state index contributed by atoms with van der Waals surface area (Å²) in [6, 6.07) is 17.1. The summed E-state index contributed by atoms with van der Waals surface area (Å²) < 4.78 is 11.9. The van der Waals surface area contributed by atoms with E-state index in [0.717, 1.165) is 25.2 Å². The molecule has 3 aliphatic rings.